The van der Waals surface area contributed by atoms with E-state index in [2.05, 4.69) is 55.9 Å². The zero-order valence-electron chi connectivity index (χ0n) is 12.9. The van der Waals surface area contributed by atoms with Gasteiger partial charge in [0.05, 0.1) is 15.9 Å². The van der Waals surface area contributed by atoms with Crippen LogP contribution in [-0.4, -0.2) is 21.3 Å². The minimum absolute atomic E-state index is 0.261. The molecule has 1 N–H and O–H groups in total. The lowest BCUT2D eigenvalue weighted by Crippen LogP contribution is -2.25. The van der Waals surface area contributed by atoms with Gasteiger partial charge in [0.1, 0.15) is 0 Å². The molecule has 5 heteroatoms. The van der Waals surface area contributed by atoms with Gasteiger partial charge < -0.3 is 5.32 Å². The molecule has 0 aliphatic rings. The average Bonchev–Trinajstić information content (AvgIpc) is 2.79. The first-order valence-corrected chi connectivity index (χ1v) is 8.31. The number of hydrogen-bond donors (Lipinski definition) is 1. The number of nitrogens with one attached hydrogen (secondary N) is 1. The first-order chi connectivity index (χ1) is 10.2. The quantitative estimate of drug-likeness (QED) is 0.828. The maximum atomic E-state index is 4.58. The van der Waals surface area contributed by atoms with Gasteiger partial charge in [0, 0.05) is 31.4 Å². The average molecular weight is 351 g/mol. The van der Waals surface area contributed by atoms with Crippen LogP contribution in [0.25, 0.3) is 0 Å². The summed E-state index contributed by atoms with van der Waals surface area (Å²) in [6.07, 6.45) is 5.78. The standard InChI is InChI=1S/C16H23BrN4/c1-4-8-19-14(13-7-6-9-18-11-13)10-15-16(17)12(3)20-21(15)5-2/h6-7,9,11,14,19H,4-5,8,10H2,1-3H3. The lowest BCUT2D eigenvalue weighted by molar-refractivity contribution is 0.501. The summed E-state index contributed by atoms with van der Waals surface area (Å²) in [6, 6.07) is 4.39. The topological polar surface area (TPSA) is 42.7 Å². The monoisotopic (exact) mass is 350 g/mol. The molecule has 0 aliphatic heterocycles. The molecule has 2 aromatic rings. The van der Waals surface area contributed by atoms with Gasteiger partial charge in [0.2, 0.25) is 0 Å². The fourth-order valence-corrected chi connectivity index (χ4v) is 2.91. The van der Waals surface area contributed by atoms with Crippen LogP contribution in [-0.2, 0) is 13.0 Å². The summed E-state index contributed by atoms with van der Waals surface area (Å²) in [4.78, 5) is 4.25. The first kappa shape index (κ1) is 16.2. The van der Waals surface area contributed by atoms with Gasteiger partial charge in [0.25, 0.3) is 0 Å². The Morgan fingerprint density at radius 1 is 1.38 bits per heavy atom. The van der Waals surface area contributed by atoms with E-state index in [0.717, 1.165) is 36.1 Å². The van der Waals surface area contributed by atoms with Crippen LogP contribution >= 0.6 is 15.9 Å². The Balaban J connectivity index is 2.27. The van der Waals surface area contributed by atoms with Crippen molar-refractivity contribution in [3.8, 4) is 0 Å². The molecule has 0 saturated heterocycles. The highest BCUT2D eigenvalue weighted by molar-refractivity contribution is 9.10. The largest absolute Gasteiger partial charge is 0.310 e. The number of aromatic nitrogens is 3. The molecule has 4 nitrogen and oxygen atoms in total. The molecule has 0 fully saturated rings. The van der Waals surface area contributed by atoms with Gasteiger partial charge in [-0.3, -0.25) is 9.67 Å². The Kier molecular flexibility index (Phi) is 5.94. The van der Waals surface area contributed by atoms with Crippen molar-refractivity contribution in [2.45, 2.75) is 46.2 Å². The van der Waals surface area contributed by atoms with Crippen molar-refractivity contribution < 1.29 is 0 Å². The molecule has 0 spiro atoms. The summed E-state index contributed by atoms with van der Waals surface area (Å²) in [6.45, 7) is 8.23. The fraction of sp³-hybridized carbons (Fsp3) is 0.500. The van der Waals surface area contributed by atoms with Crippen molar-refractivity contribution in [2.75, 3.05) is 6.54 Å². The molecule has 2 aromatic heterocycles. The first-order valence-electron chi connectivity index (χ1n) is 7.52. The molecule has 1 unspecified atom stereocenters. The molecule has 21 heavy (non-hydrogen) atoms. The minimum Gasteiger partial charge on any atom is -0.310 e. The molecule has 0 bridgehead atoms. The van der Waals surface area contributed by atoms with Crippen LogP contribution in [0.15, 0.2) is 29.0 Å². The lowest BCUT2D eigenvalue weighted by atomic mass is 10.0. The summed E-state index contributed by atoms with van der Waals surface area (Å²) in [5.41, 5.74) is 3.51. The molecule has 2 rings (SSSR count). The van der Waals surface area contributed by atoms with Gasteiger partial charge in [-0.25, -0.2) is 0 Å². The number of hydrogen-bond acceptors (Lipinski definition) is 3. The predicted octanol–water partition coefficient (Wildman–Crippen LogP) is 3.65. The molecular formula is C16H23BrN4. The molecule has 0 aliphatic carbocycles. The molecule has 2 heterocycles. The maximum absolute atomic E-state index is 4.58. The predicted molar refractivity (Wildman–Crippen MR) is 89.3 cm³/mol. The summed E-state index contributed by atoms with van der Waals surface area (Å²) in [5, 5.41) is 8.20. The van der Waals surface area contributed by atoms with Crippen LogP contribution in [0.5, 0.6) is 0 Å². The maximum Gasteiger partial charge on any atom is 0.0738 e. The van der Waals surface area contributed by atoms with Crippen LogP contribution in [0.1, 0.15) is 43.3 Å². The number of rotatable bonds is 7. The Morgan fingerprint density at radius 3 is 2.81 bits per heavy atom. The molecular weight excluding hydrogens is 328 g/mol. The Labute approximate surface area is 135 Å². The van der Waals surface area contributed by atoms with Crippen LogP contribution in [0, 0.1) is 6.92 Å². The lowest BCUT2D eigenvalue weighted by Gasteiger charge is -2.19. The van der Waals surface area contributed by atoms with Gasteiger partial charge in [-0.05, 0) is 54.4 Å². The van der Waals surface area contributed by atoms with Crippen molar-refractivity contribution in [1.29, 1.82) is 0 Å². The van der Waals surface area contributed by atoms with Gasteiger partial charge in [0.15, 0.2) is 0 Å². The zero-order chi connectivity index (χ0) is 15.2. The van der Waals surface area contributed by atoms with Crippen molar-refractivity contribution in [2.24, 2.45) is 0 Å². The Hall–Kier alpha value is -1.20. The number of halogens is 1. The van der Waals surface area contributed by atoms with E-state index in [4.69, 9.17) is 0 Å². The van der Waals surface area contributed by atoms with Crippen LogP contribution < -0.4 is 5.32 Å². The summed E-state index contributed by atoms with van der Waals surface area (Å²) < 4.78 is 3.20. The molecule has 1 atom stereocenters. The third-order valence-corrected chi connectivity index (χ3v) is 4.61. The second-order valence-corrected chi connectivity index (χ2v) is 5.95. The molecule has 0 amide bonds. The van der Waals surface area contributed by atoms with Gasteiger partial charge in [-0.2, -0.15) is 5.10 Å². The van der Waals surface area contributed by atoms with Gasteiger partial charge in [-0.1, -0.05) is 13.0 Å². The third kappa shape index (κ3) is 3.92. The van der Waals surface area contributed by atoms with Gasteiger partial charge in [-0.15, -0.1) is 0 Å². The highest BCUT2D eigenvalue weighted by atomic mass is 79.9. The van der Waals surface area contributed by atoms with Crippen LogP contribution in [0.4, 0.5) is 0 Å². The van der Waals surface area contributed by atoms with E-state index in [1.54, 1.807) is 0 Å². The van der Waals surface area contributed by atoms with E-state index in [0.29, 0.717) is 0 Å². The Bertz CT molecular complexity index is 565. The smallest absolute Gasteiger partial charge is 0.0738 e. The van der Waals surface area contributed by atoms with Crippen LogP contribution in [0.2, 0.25) is 0 Å². The van der Waals surface area contributed by atoms with E-state index >= 15 is 0 Å². The van der Waals surface area contributed by atoms with Crippen molar-refractivity contribution >= 4 is 15.9 Å². The van der Waals surface area contributed by atoms with E-state index in [1.807, 2.05) is 25.4 Å². The fourth-order valence-electron chi connectivity index (χ4n) is 2.47. The van der Waals surface area contributed by atoms with Gasteiger partial charge >= 0.3 is 0 Å². The minimum atomic E-state index is 0.261. The van der Waals surface area contributed by atoms with E-state index in [9.17, 15) is 0 Å². The number of pyridine rings is 1. The zero-order valence-corrected chi connectivity index (χ0v) is 14.5. The van der Waals surface area contributed by atoms with Crippen molar-refractivity contribution in [1.82, 2.24) is 20.1 Å². The van der Waals surface area contributed by atoms with Crippen LogP contribution in [0.3, 0.4) is 0 Å². The summed E-state index contributed by atoms with van der Waals surface area (Å²) >= 11 is 3.68. The van der Waals surface area contributed by atoms with Crippen molar-refractivity contribution in [3.05, 3.63) is 46.0 Å². The van der Waals surface area contributed by atoms with Crippen molar-refractivity contribution in [3.63, 3.8) is 0 Å². The second kappa shape index (κ2) is 7.71. The molecule has 0 saturated carbocycles. The molecule has 0 aromatic carbocycles. The second-order valence-electron chi connectivity index (χ2n) is 5.16. The van der Waals surface area contributed by atoms with E-state index < -0.39 is 0 Å². The third-order valence-electron chi connectivity index (χ3n) is 3.58. The molecule has 0 radical (unpaired) electrons. The van der Waals surface area contributed by atoms with E-state index in [1.165, 1.54) is 11.3 Å². The Morgan fingerprint density at radius 2 is 2.19 bits per heavy atom. The number of nitrogens with zero attached hydrogens (tertiary/aromatic N) is 3. The number of aryl methyl sites for hydroxylation is 2. The summed E-state index contributed by atoms with van der Waals surface area (Å²) in [5.74, 6) is 0. The highest BCUT2D eigenvalue weighted by Crippen LogP contribution is 2.26. The molecule has 114 valence electrons. The summed E-state index contributed by atoms with van der Waals surface area (Å²) in [7, 11) is 0. The van der Waals surface area contributed by atoms with E-state index in [-0.39, 0.29) is 6.04 Å². The highest BCUT2D eigenvalue weighted by Gasteiger charge is 2.18. The SMILES string of the molecule is CCCNC(Cc1c(Br)c(C)nn1CC)c1cccnc1. The normalized spacial score (nSPS) is 12.6.